The molecule has 0 radical (unpaired) electrons. The van der Waals surface area contributed by atoms with Crippen LogP contribution in [-0.2, 0) is 14.6 Å². The Morgan fingerprint density at radius 3 is 2.82 bits per heavy atom. The van der Waals surface area contributed by atoms with Crippen LogP contribution in [0.25, 0.3) is 0 Å². The quantitative estimate of drug-likeness (QED) is 0.845. The Balaban J connectivity index is 2.03. The second-order valence-corrected chi connectivity index (χ2v) is 6.48. The Bertz CT molecular complexity index is 539. The first kappa shape index (κ1) is 12.0. The van der Waals surface area contributed by atoms with Crippen molar-refractivity contribution in [1.29, 1.82) is 0 Å². The third-order valence-corrected chi connectivity index (χ3v) is 4.51. The molecule has 6 heteroatoms. The van der Waals surface area contributed by atoms with Gasteiger partial charge in [-0.1, -0.05) is 6.07 Å². The Morgan fingerprint density at radius 2 is 2.24 bits per heavy atom. The summed E-state index contributed by atoms with van der Waals surface area (Å²) in [5.41, 5.74) is 0.807. The van der Waals surface area contributed by atoms with E-state index in [0.29, 0.717) is 12.2 Å². The van der Waals surface area contributed by atoms with E-state index in [9.17, 15) is 13.2 Å². The van der Waals surface area contributed by atoms with Gasteiger partial charge >= 0.3 is 0 Å². The third kappa shape index (κ3) is 3.03. The van der Waals surface area contributed by atoms with E-state index in [-0.39, 0.29) is 17.4 Å². The highest BCUT2D eigenvalue weighted by molar-refractivity contribution is 7.91. The maximum atomic E-state index is 11.8. The van der Waals surface area contributed by atoms with Crippen molar-refractivity contribution in [2.75, 3.05) is 16.8 Å². The van der Waals surface area contributed by atoms with E-state index in [1.54, 1.807) is 12.1 Å². The predicted molar refractivity (Wildman–Crippen MR) is 64.4 cm³/mol. The first-order valence-electron chi connectivity index (χ1n) is 5.41. The molecule has 1 aromatic heterocycles. The van der Waals surface area contributed by atoms with E-state index >= 15 is 0 Å². The van der Waals surface area contributed by atoms with E-state index in [2.05, 4.69) is 10.3 Å². The first-order chi connectivity index (χ1) is 7.96. The average molecular weight is 254 g/mol. The summed E-state index contributed by atoms with van der Waals surface area (Å²) in [7, 11) is -3.02. The number of hydrogen-bond donors (Lipinski definition) is 1. The summed E-state index contributed by atoms with van der Waals surface area (Å²) in [4.78, 5) is 15.9. The number of pyridine rings is 1. The van der Waals surface area contributed by atoms with E-state index in [0.717, 1.165) is 5.69 Å². The summed E-state index contributed by atoms with van der Waals surface area (Å²) in [5.74, 6) is -0.178. The summed E-state index contributed by atoms with van der Waals surface area (Å²) in [6.07, 6.45) is 0.403. The number of aryl methyl sites for hydroxylation is 1. The lowest BCUT2D eigenvalue weighted by Crippen LogP contribution is -2.24. The van der Waals surface area contributed by atoms with Gasteiger partial charge in [0.1, 0.15) is 5.82 Å². The molecule has 1 aromatic rings. The number of carbonyl (C=O) groups excluding carboxylic acids is 1. The van der Waals surface area contributed by atoms with Crippen LogP contribution >= 0.6 is 0 Å². The molecule has 1 atom stereocenters. The number of sulfone groups is 1. The van der Waals surface area contributed by atoms with Gasteiger partial charge in [0, 0.05) is 5.69 Å². The molecular weight excluding hydrogens is 240 g/mol. The van der Waals surface area contributed by atoms with Crippen molar-refractivity contribution < 1.29 is 13.2 Å². The number of rotatable bonds is 2. The molecule has 1 N–H and O–H groups in total. The molecule has 0 unspecified atom stereocenters. The fourth-order valence-corrected chi connectivity index (χ4v) is 3.58. The molecule has 0 aromatic carbocycles. The van der Waals surface area contributed by atoms with Crippen LogP contribution in [-0.4, -0.2) is 30.8 Å². The van der Waals surface area contributed by atoms with Gasteiger partial charge in [-0.2, -0.15) is 0 Å². The lowest BCUT2D eigenvalue weighted by molar-refractivity contribution is -0.119. The SMILES string of the molecule is Cc1cccc(NC(=O)[C@H]2CCS(=O)(=O)C2)n1. The molecule has 2 heterocycles. The van der Waals surface area contributed by atoms with Crippen LogP contribution in [0.1, 0.15) is 12.1 Å². The summed E-state index contributed by atoms with van der Waals surface area (Å²) in [5, 5.41) is 2.65. The molecule has 2 rings (SSSR count). The number of hydrogen-bond acceptors (Lipinski definition) is 4. The minimum absolute atomic E-state index is 0.0509. The van der Waals surface area contributed by atoms with Crippen molar-refractivity contribution in [3.63, 3.8) is 0 Å². The maximum absolute atomic E-state index is 11.8. The van der Waals surface area contributed by atoms with Gasteiger partial charge in [0.05, 0.1) is 17.4 Å². The second-order valence-electron chi connectivity index (χ2n) is 4.25. The van der Waals surface area contributed by atoms with Gasteiger partial charge in [-0.25, -0.2) is 13.4 Å². The molecule has 1 aliphatic heterocycles. The zero-order valence-corrected chi connectivity index (χ0v) is 10.3. The van der Waals surface area contributed by atoms with Crippen LogP contribution in [0.3, 0.4) is 0 Å². The molecule has 0 spiro atoms. The normalized spacial score (nSPS) is 22.3. The zero-order valence-electron chi connectivity index (χ0n) is 9.51. The lowest BCUT2D eigenvalue weighted by atomic mass is 10.1. The number of amides is 1. The largest absolute Gasteiger partial charge is 0.310 e. The van der Waals surface area contributed by atoms with Crippen molar-refractivity contribution in [3.05, 3.63) is 23.9 Å². The van der Waals surface area contributed by atoms with Gasteiger partial charge in [-0.3, -0.25) is 4.79 Å². The van der Waals surface area contributed by atoms with Crippen molar-refractivity contribution in [2.45, 2.75) is 13.3 Å². The van der Waals surface area contributed by atoms with Gasteiger partial charge in [-0.15, -0.1) is 0 Å². The second kappa shape index (κ2) is 4.44. The minimum Gasteiger partial charge on any atom is -0.310 e. The lowest BCUT2D eigenvalue weighted by Gasteiger charge is -2.08. The Kier molecular flexibility index (Phi) is 3.15. The van der Waals surface area contributed by atoms with Crippen molar-refractivity contribution >= 4 is 21.6 Å². The molecule has 1 fully saturated rings. The third-order valence-electron chi connectivity index (χ3n) is 2.74. The molecule has 0 saturated carbocycles. The van der Waals surface area contributed by atoms with Gasteiger partial charge in [-0.05, 0) is 25.5 Å². The summed E-state index contributed by atoms with van der Waals surface area (Å²) >= 11 is 0. The Hall–Kier alpha value is -1.43. The Morgan fingerprint density at radius 1 is 1.47 bits per heavy atom. The molecule has 17 heavy (non-hydrogen) atoms. The summed E-state index contributed by atoms with van der Waals surface area (Å²) in [6, 6.07) is 5.31. The van der Waals surface area contributed by atoms with E-state index < -0.39 is 15.8 Å². The standard InChI is InChI=1S/C11H14N2O3S/c1-8-3-2-4-10(12-8)13-11(14)9-5-6-17(15,16)7-9/h2-4,9H,5-7H2,1H3,(H,12,13,14)/t9-/m0/s1. The molecule has 5 nitrogen and oxygen atoms in total. The van der Waals surface area contributed by atoms with E-state index in [1.165, 1.54) is 0 Å². The van der Waals surface area contributed by atoms with Crippen molar-refractivity contribution in [1.82, 2.24) is 4.98 Å². The van der Waals surface area contributed by atoms with E-state index in [1.807, 2.05) is 13.0 Å². The van der Waals surface area contributed by atoms with Gasteiger partial charge < -0.3 is 5.32 Å². The van der Waals surface area contributed by atoms with Crippen molar-refractivity contribution in [3.8, 4) is 0 Å². The fraction of sp³-hybridized carbons (Fsp3) is 0.455. The van der Waals surface area contributed by atoms with Crippen LogP contribution in [0.5, 0.6) is 0 Å². The highest BCUT2D eigenvalue weighted by Crippen LogP contribution is 2.19. The van der Waals surface area contributed by atoms with Gasteiger partial charge in [0.15, 0.2) is 9.84 Å². The van der Waals surface area contributed by atoms with E-state index in [4.69, 9.17) is 0 Å². The molecule has 92 valence electrons. The molecule has 0 aliphatic carbocycles. The fourth-order valence-electron chi connectivity index (χ4n) is 1.84. The predicted octanol–water partition coefficient (Wildman–Crippen LogP) is 0.763. The number of nitrogens with one attached hydrogen (secondary N) is 1. The molecule has 1 saturated heterocycles. The Labute approximate surface area is 100 Å². The molecule has 1 aliphatic rings. The highest BCUT2D eigenvalue weighted by Gasteiger charge is 2.32. The maximum Gasteiger partial charge on any atom is 0.229 e. The number of carbonyl (C=O) groups is 1. The summed E-state index contributed by atoms with van der Waals surface area (Å²) in [6.45, 7) is 1.83. The van der Waals surface area contributed by atoms with Crippen LogP contribution in [0.2, 0.25) is 0 Å². The monoisotopic (exact) mass is 254 g/mol. The van der Waals surface area contributed by atoms with Crippen LogP contribution in [0, 0.1) is 12.8 Å². The topological polar surface area (TPSA) is 76.1 Å². The molecular formula is C11H14N2O3S. The number of anilines is 1. The smallest absolute Gasteiger partial charge is 0.229 e. The molecule has 0 bridgehead atoms. The van der Waals surface area contributed by atoms with Crippen LogP contribution < -0.4 is 5.32 Å². The minimum atomic E-state index is -3.02. The van der Waals surface area contributed by atoms with Crippen LogP contribution in [0.4, 0.5) is 5.82 Å². The van der Waals surface area contributed by atoms with Crippen molar-refractivity contribution in [2.24, 2.45) is 5.92 Å². The highest BCUT2D eigenvalue weighted by atomic mass is 32.2. The summed E-state index contributed by atoms with van der Waals surface area (Å²) < 4.78 is 22.5. The molecule has 1 amide bonds. The van der Waals surface area contributed by atoms with Gasteiger partial charge in [0.25, 0.3) is 0 Å². The zero-order chi connectivity index (χ0) is 12.5. The number of aromatic nitrogens is 1. The first-order valence-corrected chi connectivity index (χ1v) is 7.23. The van der Waals surface area contributed by atoms with Crippen LogP contribution in [0.15, 0.2) is 18.2 Å². The number of nitrogens with zero attached hydrogens (tertiary/aromatic N) is 1. The average Bonchev–Trinajstić information content (AvgIpc) is 2.59. The van der Waals surface area contributed by atoms with Gasteiger partial charge in [0.2, 0.25) is 5.91 Å².